The Bertz CT molecular complexity index is 789. The van der Waals surface area contributed by atoms with Crippen molar-refractivity contribution in [2.24, 2.45) is 0 Å². The maximum absolute atomic E-state index is 11.5. The van der Waals surface area contributed by atoms with Crippen molar-refractivity contribution in [3.05, 3.63) is 34.7 Å². The number of hydrogen-bond acceptors (Lipinski definition) is 4. The second kappa shape index (κ2) is 3.78. The van der Waals surface area contributed by atoms with Crippen LogP contribution < -0.4 is 5.73 Å². The Morgan fingerprint density at radius 2 is 2.06 bits per heavy atom. The lowest BCUT2D eigenvalue weighted by Crippen LogP contribution is -1.95. The summed E-state index contributed by atoms with van der Waals surface area (Å²) in [5.41, 5.74) is 8.69. The van der Waals surface area contributed by atoms with Crippen LogP contribution in [0.5, 0.6) is 0 Å². The third-order valence-corrected chi connectivity index (χ3v) is 4.35. The van der Waals surface area contributed by atoms with Crippen molar-refractivity contribution in [3.63, 3.8) is 0 Å². The van der Waals surface area contributed by atoms with Crippen molar-refractivity contribution < 1.29 is 4.79 Å². The fourth-order valence-corrected chi connectivity index (χ4v) is 3.32. The van der Waals surface area contributed by atoms with E-state index >= 15 is 0 Å². The minimum Gasteiger partial charge on any atom is -0.397 e. The minimum atomic E-state index is -0.000967. The Balaban J connectivity index is 2.53. The van der Waals surface area contributed by atoms with E-state index in [-0.39, 0.29) is 5.78 Å². The van der Waals surface area contributed by atoms with Gasteiger partial charge in [-0.1, -0.05) is 18.2 Å². The first-order chi connectivity index (χ1) is 8.59. The van der Waals surface area contributed by atoms with Gasteiger partial charge in [0, 0.05) is 17.7 Å². The van der Waals surface area contributed by atoms with Crippen LogP contribution in [0.3, 0.4) is 0 Å². The first-order valence-electron chi connectivity index (χ1n) is 5.68. The van der Waals surface area contributed by atoms with Gasteiger partial charge in [-0.25, -0.2) is 4.98 Å². The van der Waals surface area contributed by atoms with Gasteiger partial charge in [0.05, 0.1) is 16.1 Å². The first-order valence-corrected chi connectivity index (χ1v) is 6.49. The zero-order valence-corrected chi connectivity index (χ0v) is 11.0. The van der Waals surface area contributed by atoms with Gasteiger partial charge < -0.3 is 5.73 Å². The van der Waals surface area contributed by atoms with E-state index in [1.165, 1.54) is 18.3 Å². The van der Waals surface area contributed by atoms with E-state index in [4.69, 9.17) is 5.73 Å². The molecule has 0 atom stereocenters. The highest BCUT2D eigenvalue weighted by Gasteiger charge is 2.17. The van der Waals surface area contributed by atoms with Crippen molar-refractivity contribution in [1.29, 1.82) is 0 Å². The summed E-state index contributed by atoms with van der Waals surface area (Å²) in [7, 11) is 0. The number of carbonyl (C=O) groups excluding carboxylic acids is 1. The molecule has 3 aromatic rings. The van der Waals surface area contributed by atoms with Crippen molar-refractivity contribution in [2.45, 2.75) is 13.8 Å². The molecular formula is C14H12N2OS. The molecule has 0 fully saturated rings. The number of carbonyl (C=O) groups is 1. The lowest BCUT2D eigenvalue weighted by molar-refractivity contribution is 0.102. The smallest absolute Gasteiger partial charge is 0.171 e. The number of hydrogen-bond donors (Lipinski definition) is 1. The summed E-state index contributed by atoms with van der Waals surface area (Å²) < 4.78 is 0. The molecule has 2 N–H and O–H groups in total. The van der Waals surface area contributed by atoms with Crippen LogP contribution >= 0.6 is 11.3 Å². The second-order valence-electron chi connectivity index (χ2n) is 4.34. The Morgan fingerprint density at radius 3 is 2.78 bits per heavy atom. The molecule has 0 spiro atoms. The maximum atomic E-state index is 11.5. The molecule has 1 aromatic carbocycles. The third kappa shape index (κ3) is 1.42. The van der Waals surface area contributed by atoms with Gasteiger partial charge in [0.25, 0.3) is 0 Å². The maximum Gasteiger partial charge on any atom is 0.171 e. The summed E-state index contributed by atoms with van der Waals surface area (Å²) in [5, 5.41) is 2.01. The predicted octanol–water partition coefficient (Wildman–Crippen LogP) is 3.54. The van der Waals surface area contributed by atoms with Crippen molar-refractivity contribution in [1.82, 2.24) is 4.98 Å². The molecule has 0 saturated carbocycles. The van der Waals surface area contributed by atoms with Crippen molar-refractivity contribution >= 4 is 43.9 Å². The number of aryl methyl sites for hydroxylation is 1. The fourth-order valence-electron chi connectivity index (χ4n) is 2.27. The molecule has 0 aliphatic rings. The van der Waals surface area contributed by atoms with Gasteiger partial charge in [-0.05, 0) is 18.6 Å². The number of para-hydroxylation sites is 1. The number of fused-ring (bicyclic) bond motifs is 2. The number of benzene rings is 1. The Labute approximate surface area is 108 Å². The standard InChI is InChI=1S/C14H12N2OS/c1-7-9-5-3-4-6-10(9)16-14-11(7)12(15)13(18-14)8(2)17/h3-6H,15H2,1-2H3. The molecule has 2 heterocycles. The van der Waals surface area contributed by atoms with Gasteiger partial charge in [0.15, 0.2) is 5.78 Å². The fraction of sp³-hybridized carbons (Fsp3) is 0.143. The SMILES string of the molecule is CC(=O)c1sc2nc3ccccc3c(C)c2c1N. The molecule has 0 saturated heterocycles. The molecule has 3 nitrogen and oxygen atoms in total. The normalized spacial score (nSPS) is 11.2. The molecule has 2 aromatic heterocycles. The molecule has 0 aliphatic heterocycles. The molecule has 18 heavy (non-hydrogen) atoms. The number of nitrogens with two attached hydrogens (primary N) is 1. The number of thiophene rings is 1. The van der Waals surface area contributed by atoms with Gasteiger partial charge in [-0.3, -0.25) is 4.79 Å². The van der Waals surface area contributed by atoms with Crippen molar-refractivity contribution in [2.75, 3.05) is 5.73 Å². The summed E-state index contributed by atoms with van der Waals surface area (Å²) >= 11 is 1.38. The number of ketones is 1. The second-order valence-corrected chi connectivity index (χ2v) is 5.33. The van der Waals surface area contributed by atoms with Crippen LogP contribution in [0.25, 0.3) is 21.1 Å². The number of Topliss-reactive ketones (excluding diaryl/α,β-unsaturated/α-hetero) is 1. The van der Waals surface area contributed by atoms with E-state index < -0.39 is 0 Å². The molecular weight excluding hydrogens is 244 g/mol. The number of nitrogen functional groups attached to an aromatic ring is 1. The van der Waals surface area contributed by atoms with Gasteiger partial charge in [-0.15, -0.1) is 11.3 Å². The van der Waals surface area contributed by atoms with Crippen LogP contribution in [0.2, 0.25) is 0 Å². The van der Waals surface area contributed by atoms with E-state index in [0.29, 0.717) is 10.6 Å². The van der Waals surface area contributed by atoms with E-state index in [0.717, 1.165) is 26.7 Å². The minimum absolute atomic E-state index is 0.000967. The van der Waals surface area contributed by atoms with Gasteiger partial charge in [-0.2, -0.15) is 0 Å². The number of rotatable bonds is 1. The van der Waals surface area contributed by atoms with Gasteiger partial charge in [0.1, 0.15) is 4.83 Å². The molecule has 3 rings (SSSR count). The average Bonchev–Trinajstić information content (AvgIpc) is 2.67. The Hall–Kier alpha value is -1.94. The van der Waals surface area contributed by atoms with Gasteiger partial charge in [0.2, 0.25) is 0 Å². The van der Waals surface area contributed by atoms with Crippen LogP contribution in [0.15, 0.2) is 24.3 Å². The number of aromatic nitrogens is 1. The largest absolute Gasteiger partial charge is 0.397 e. The zero-order chi connectivity index (χ0) is 12.9. The van der Waals surface area contributed by atoms with Crippen LogP contribution in [-0.2, 0) is 0 Å². The van der Waals surface area contributed by atoms with Crippen LogP contribution in [0.4, 0.5) is 5.69 Å². The van der Waals surface area contributed by atoms with E-state index in [1.807, 2.05) is 31.2 Å². The molecule has 0 bridgehead atoms. The monoisotopic (exact) mass is 256 g/mol. The van der Waals surface area contributed by atoms with Crippen LogP contribution in [0, 0.1) is 6.92 Å². The lowest BCUT2D eigenvalue weighted by Gasteiger charge is -2.03. The molecule has 0 amide bonds. The number of pyridine rings is 1. The van der Waals surface area contributed by atoms with Crippen LogP contribution in [0.1, 0.15) is 22.2 Å². The Morgan fingerprint density at radius 1 is 1.33 bits per heavy atom. The van der Waals surface area contributed by atoms with E-state index in [2.05, 4.69) is 4.98 Å². The average molecular weight is 256 g/mol. The number of anilines is 1. The van der Waals surface area contributed by atoms with Crippen molar-refractivity contribution in [3.8, 4) is 0 Å². The summed E-state index contributed by atoms with van der Waals surface area (Å²) in [6, 6.07) is 7.95. The molecule has 90 valence electrons. The molecule has 0 radical (unpaired) electrons. The topological polar surface area (TPSA) is 56.0 Å². The molecule has 0 unspecified atom stereocenters. The highest BCUT2D eigenvalue weighted by molar-refractivity contribution is 7.21. The molecule has 0 aliphatic carbocycles. The zero-order valence-electron chi connectivity index (χ0n) is 10.2. The predicted molar refractivity (Wildman–Crippen MR) is 76.3 cm³/mol. The lowest BCUT2D eigenvalue weighted by atomic mass is 10.1. The summed E-state index contributed by atoms with van der Waals surface area (Å²) in [6.07, 6.45) is 0. The quantitative estimate of drug-likeness (QED) is 0.677. The summed E-state index contributed by atoms with van der Waals surface area (Å²) in [5.74, 6) is -0.000967. The highest BCUT2D eigenvalue weighted by Crippen LogP contribution is 2.37. The summed E-state index contributed by atoms with van der Waals surface area (Å²) in [6.45, 7) is 3.56. The van der Waals surface area contributed by atoms with E-state index in [1.54, 1.807) is 0 Å². The first kappa shape index (κ1) is 11.2. The highest BCUT2D eigenvalue weighted by atomic mass is 32.1. The number of nitrogens with zero attached hydrogens (tertiary/aromatic N) is 1. The van der Waals surface area contributed by atoms with E-state index in [9.17, 15) is 4.79 Å². The third-order valence-electron chi connectivity index (χ3n) is 3.15. The van der Waals surface area contributed by atoms with Gasteiger partial charge >= 0.3 is 0 Å². The van der Waals surface area contributed by atoms with Crippen LogP contribution in [-0.4, -0.2) is 10.8 Å². The summed E-state index contributed by atoms with van der Waals surface area (Å²) in [4.78, 5) is 17.6. The molecule has 4 heteroatoms. The Kier molecular flexibility index (Phi) is 2.35.